The molecule has 234 valence electrons. The van der Waals surface area contributed by atoms with Crippen molar-refractivity contribution in [2.45, 2.75) is 68.7 Å². The summed E-state index contributed by atoms with van der Waals surface area (Å²) in [4.78, 5) is 10.9. The molecule has 2 aromatic carbocycles. The second-order valence-corrected chi connectivity index (χ2v) is 14.8. The number of aliphatic hydroxyl groups excluding tert-OH is 1. The Morgan fingerprint density at radius 3 is 2.37 bits per heavy atom. The van der Waals surface area contributed by atoms with Gasteiger partial charge in [-0.1, -0.05) is 24.3 Å². The summed E-state index contributed by atoms with van der Waals surface area (Å²) in [5.41, 5.74) is 1.80. The highest BCUT2D eigenvalue weighted by Crippen LogP contribution is 2.38. The summed E-state index contributed by atoms with van der Waals surface area (Å²) in [6.07, 6.45) is -3.22. The number of hydrogen-bond donors (Lipinski definition) is 3. The quantitative estimate of drug-likeness (QED) is 0.225. The monoisotopic (exact) mass is 638 g/mol. The Morgan fingerprint density at radius 2 is 1.77 bits per heavy atom. The Morgan fingerprint density at radius 1 is 1.12 bits per heavy atom. The van der Waals surface area contributed by atoms with E-state index < -0.39 is 38.7 Å². The lowest BCUT2D eigenvalue weighted by Gasteiger charge is -2.31. The fourth-order valence-corrected chi connectivity index (χ4v) is 7.92. The summed E-state index contributed by atoms with van der Waals surface area (Å²) < 4.78 is 69.3. The third-order valence-electron chi connectivity index (χ3n) is 7.78. The average Bonchev–Trinajstić information content (AvgIpc) is 3.56. The lowest BCUT2D eigenvalue weighted by Crippen LogP contribution is -2.47. The number of alkyl halides is 3. The van der Waals surface area contributed by atoms with E-state index in [9.17, 15) is 31.5 Å². The molecule has 1 aliphatic rings. The smallest absolute Gasteiger partial charge is 0.416 e. The van der Waals surface area contributed by atoms with Crippen molar-refractivity contribution < 1.29 is 36.6 Å². The number of thiophene rings is 1. The van der Waals surface area contributed by atoms with Crippen LogP contribution < -0.4 is 5.32 Å². The number of carboxylic acid groups (broad SMARTS) is 1. The molecule has 0 saturated heterocycles. The number of halogens is 3. The lowest BCUT2D eigenvalue weighted by molar-refractivity contribution is -0.138. The molecule has 7 nitrogen and oxygen atoms in total. The maximum Gasteiger partial charge on any atom is 0.416 e. The minimum atomic E-state index is -4.81. The second kappa shape index (κ2) is 13.1. The van der Waals surface area contributed by atoms with Gasteiger partial charge in [0, 0.05) is 37.0 Å². The summed E-state index contributed by atoms with van der Waals surface area (Å²) in [6.45, 7) is 3.84. The molecule has 0 unspecified atom stereocenters. The molecule has 0 fully saturated rings. The zero-order valence-electron chi connectivity index (χ0n) is 24.3. The number of carbonyl (C=O) groups is 1. The first kappa shape index (κ1) is 33.1. The summed E-state index contributed by atoms with van der Waals surface area (Å²) >= 11 is 1.11. The van der Waals surface area contributed by atoms with Crippen molar-refractivity contribution in [2.75, 3.05) is 20.1 Å². The Hall–Kier alpha value is -2.77. The van der Waals surface area contributed by atoms with Crippen LogP contribution in [0.3, 0.4) is 0 Å². The maximum atomic E-state index is 13.8. The number of rotatable bonds is 13. The topological polar surface area (TPSA) is 107 Å². The molecule has 0 amide bonds. The summed E-state index contributed by atoms with van der Waals surface area (Å²) in [7, 11) is -3.19. The van der Waals surface area contributed by atoms with E-state index in [0.29, 0.717) is 22.4 Å². The number of carboxylic acids is 1. The second-order valence-electron chi connectivity index (χ2n) is 11.9. The van der Waals surface area contributed by atoms with Gasteiger partial charge in [-0.05, 0) is 97.3 Å². The predicted molar refractivity (Wildman–Crippen MR) is 161 cm³/mol. The summed E-state index contributed by atoms with van der Waals surface area (Å²) in [6, 6.07) is 12.6. The van der Waals surface area contributed by atoms with Crippen LogP contribution in [0.25, 0.3) is 10.4 Å². The van der Waals surface area contributed by atoms with Crippen LogP contribution in [-0.4, -0.2) is 60.7 Å². The van der Waals surface area contributed by atoms with E-state index in [1.807, 2.05) is 26.0 Å². The summed E-state index contributed by atoms with van der Waals surface area (Å²) in [5, 5.41) is 24.7. The van der Waals surface area contributed by atoms with E-state index in [1.54, 1.807) is 11.4 Å². The molecule has 1 aromatic heterocycles. The van der Waals surface area contributed by atoms with Crippen molar-refractivity contribution in [2.24, 2.45) is 5.92 Å². The van der Waals surface area contributed by atoms with Gasteiger partial charge in [-0.25, -0.2) is 8.42 Å². The number of aliphatic hydroxyl groups is 1. The zero-order chi connectivity index (χ0) is 31.6. The van der Waals surface area contributed by atoms with Gasteiger partial charge in [-0.3, -0.25) is 4.79 Å². The lowest BCUT2D eigenvalue weighted by atomic mass is 9.88. The number of aryl methyl sites for hydroxylation is 1. The molecule has 1 aliphatic carbocycles. The molecule has 0 spiro atoms. The van der Waals surface area contributed by atoms with Gasteiger partial charge in [-0.15, -0.1) is 11.3 Å². The maximum absolute atomic E-state index is 13.8. The number of sulfonamides is 1. The van der Waals surface area contributed by atoms with Crippen LogP contribution in [0.5, 0.6) is 0 Å². The SMILES string of the molecule is CN(C[C@H](O)CNC(C)(C)CC1Cc2ccccc2C1)S(=O)(=O)c1cc(-c2sccc2CCC(=O)O)cc(C(F)(F)F)c1. The van der Waals surface area contributed by atoms with Crippen molar-refractivity contribution >= 4 is 27.3 Å². The third-order valence-corrected chi connectivity index (χ3v) is 10.6. The molecule has 43 heavy (non-hydrogen) atoms. The Balaban J connectivity index is 1.45. The van der Waals surface area contributed by atoms with Crippen molar-refractivity contribution in [3.8, 4) is 10.4 Å². The predicted octanol–water partition coefficient (Wildman–Crippen LogP) is 5.61. The van der Waals surface area contributed by atoms with Crippen molar-refractivity contribution in [1.29, 1.82) is 0 Å². The molecule has 4 rings (SSSR count). The molecular weight excluding hydrogens is 601 g/mol. The van der Waals surface area contributed by atoms with Gasteiger partial charge >= 0.3 is 12.1 Å². The van der Waals surface area contributed by atoms with E-state index in [4.69, 9.17) is 5.11 Å². The minimum Gasteiger partial charge on any atom is -0.481 e. The highest BCUT2D eigenvalue weighted by molar-refractivity contribution is 7.89. The van der Waals surface area contributed by atoms with Gasteiger partial charge in [0.05, 0.1) is 16.6 Å². The number of aliphatic carboxylic acids is 1. The van der Waals surface area contributed by atoms with E-state index in [1.165, 1.54) is 24.2 Å². The van der Waals surface area contributed by atoms with Gasteiger partial charge in [0.1, 0.15) is 0 Å². The average molecular weight is 639 g/mol. The van der Waals surface area contributed by atoms with E-state index in [-0.39, 0.29) is 37.0 Å². The number of fused-ring (bicyclic) bond motifs is 1. The van der Waals surface area contributed by atoms with E-state index >= 15 is 0 Å². The highest BCUT2D eigenvalue weighted by atomic mass is 32.2. The van der Waals surface area contributed by atoms with Crippen LogP contribution in [0.1, 0.15) is 48.9 Å². The Labute approximate surface area is 254 Å². The van der Waals surface area contributed by atoms with Crippen LogP contribution >= 0.6 is 11.3 Å². The molecule has 1 atom stereocenters. The van der Waals surface area contributed by atoms with Crippen molar-refractivity contribution in [1.82, 2.24) is 9.62 Å². The van der Waals surface area contributed by atoms with Crippen LogP contribution in [0, 0.1) is 5.92 Å². The molecule has 12 heteroatoms. The van der Waals surface area contributed by atoms with Gasteiger partial charge < -0.3 is 15.5 Å². The minimum absolute atomic E-state index is 0.0372. The van der Waals surface area contributed by atoms with E-state index in [2.05, 4.69) is 17.4 Å². The van der Waals surface area contributed by atoms with Crippen LogP contribution in [-0.2, 0) is 40.3 Å². The normalized spacial score (nSPS) is 15.2. The first-order valence-corrected chi connectivity index (χ1v) is 16.3. The van der Waals surface area contributed by atoms with Crippen LogP contribution in [0.15, 0.2) is 58.8 Å². The molecule has 0 saturated carbocycles. The number of benzene rings is 2. The molecule has 3 aromatic rings. The molecule has 1 heterocycles. The number of likely N-dealkylation sites (N-methyl/N-ethyl adjacent to an activating group) is 1. The number of nitrogens with one attached hydrogen (secondary N) is 1. The van der Waals surface area contributed by atoms with Crippen molar-refractivity contribution in [3.63, 3.8) is 0 Å². The van der Waals surface area contributed by atoms with Crippen LogP contribution in [0.2, 0.25) is 0 Å². The fourth-order valence-electron chi connectivity index (χ4n) is 5.69. The first-order chi connectivity index (χ1) is 20.0. The van der Waals surface area contributed by atoms with Crippen molar-refractivity contribution in [3.05, 3.63) is 76.2 Å². The van der Waals surface area contributed by atoms with Gasteiger partial charge in [0.25, 0.3) is 0 Å². The number of β-amino-alcohol motifs (C(OH)–C–C–N with tert-alkyl or cyclic N) is 1. The molecule has 0 bridgehead atoms. The van der Waals surface area contributed by atoms with Gasteiger partial charge in [0.15, 0.2) is 0 Å². The first-order valence-electron chi connectivity index (χ1n) is 14.0. The van der Waals surface area contributed by atoms with Gasteiger partial charge in [0.2, 0.25) is 10.0 Å². The zero-order valence-corrected chi connectivity index (χ0v) is 26.0. The Kier molecular flexibility index (Phi) is 10.1. The summed E-state index contributed by atoms with van der Waals surface area (Å²) in [5.74, 6) is -0.602. The molecular formula is C31H37F3N2O5S2. The molecule has 3 N–H and O–H groups in total. The number of nitrogens with zero attached hydrogens (tertiary/aromatic N) is 1. The fraction of sp³-hybridized carbons (Fsp3) is 0.452. The molecule has 0 radical (unpaired) electrons. The van der Waals surface area contributed by atoms with E-state index in [0.717, 1.165) is 41.0 Å². The van der Waals surface area contributed by atoms with Crippen LogP contribution in [0.4, 0.5) is 13.2 Å². The Bertz CT molecular complexity index is 1530. The largest absolute Gasteiger partial charge is 0.481 e. The number of hydrogen-bond acceptors (Lipinski definition) is 6. The third kappa shape index (κ3) is 8.45. The standard InChI is InChI=1S/C31H37F3N2O5S2/c1-30(2,17-20-12-22-6-4-5-7-23(22)13-20)35-18-26(37)19-36(3)43(40,41)27-15-24(14-25(16-27)31(32,33)34)29-21(10-11-42-29)8-9-28(38)39/h4-7,10-11,14-16,20,26,35,37H,8-9,12-13,17-19H2,1-3H3,(H,38,39)/t26-/m1/s1. The molecule has 0 aliphatic heterocycles. The highest BCUT2D eigenvalue weighted by Gasteiger charge is 2.35. The van der Waals surface area contributed by atoms with Gasteiger partial charge in [-0.2, -0.15) is 17.5 Å².